The number of hydrogen-bond donors (Lipinski definition) is 1. The quantitative estimate of drug-likeness (QED) is 0.908. The Morgan fingerprint density at radius 3 is 2.55 bits per heavy atom. The van der Waals surface area contributed by atoms with E-state index in [0.717, 1.165) is 24.8 Å². The maximum Gasteiger partial charge on any atom is 0.124 e. The third-order valence-corrected chi connectivity index (χ3v) is 4.31. The van der Waals surface area contributed by atoms with Crippen LogP contribution in [-0.4, -0.2) is 6.61 Å². The van der Waals surface area contributed by atoms with Crippen molar-refractivity contribution in [1.82, 2.24) is 5.32 Å². The minimum absolute atomic E-state index is 0.318. The van der Waals surface area contributed by atoms with Crippen molar-refractivity contribution in [3.8, 4) is 5.75 Å². The number of rotatable bonds is 4. The molecule has 2 aliphatic rings. The van der Waals surface area contributed by atoms with Crippen molar-refractivity contribution in [2.45, 2.75) is 31.3 Å². The van der Waals surface area contributed by atoms with E-state index in [2.05, 4.69) is 47.8 Å². The highest BCUT2D eigenvalue weighted by Crippen LogP contribution is 2.41. The zero-order chi connectivity index (χ0) is 13.4. The van der Waals surface area contributed by atoms with Gasteiger partial charge >= 0.3 is 0 Å². The van der Waals surface area contributed by atoms with Crippen LogP contribution in [0.3, 0.4) is 0 Å². The van der Waals surface area contributed by atoms with Crippen molar-refractivity contribution >= 4 is 0 Å². The van der Waals surface area contributed by atoms with Crippen LogP contribution in [0.15, 0.2) is 48.5 Å². The Labute approximate surface area is 119 Å². The van der Waals surface area contributed by atoms with E-state index in [1.165, 1.54) is 29.5 Å². The molecule has 2 aromatic rings. The third-order valence-electron chi connectivity index (χ3n) is 4.31. The lowest BCUT2D eigenvalue weighted by Gasteiger charge is -2.14. The molecule has 0 amide bonds. The van der Waals surface area contributed by atoms with E-state index >= 15 is 0 Å². The molecule has 0 aromatic heterocycles. The molecule has 1 heterocycles. The van der Waals surface area contributed by atoms with Crippen molar-refractivity contribution in [1.29, 1.82) is 0 Å². The van der Waals surface area contributed by atoms with E-state index in [9.17, 15) is 0 Å². The van der Waals surface area contributed by atoms with Gasteiger partial charge in [-0.05, 0) is 36.0 Å². The summed E-state index contributed by atoms with van der Waals surface area (Å²) in [5, 5.41) is 3.65. The van der Waals surface area contributed by atoms with Gasteiger partial charge in [-0.25, -0.2) is 0 Å². The van der Waals surface area contributed by atoms with Crippen LogP contribution in [0.1, 0.15) is 41.5 Å². The molecule has 20 heavy (non-hydrogen) atoms. The number of hydrogen-bond acceptors (Lipinski definition) is 2. The summed E-state index contributed by atoms with van der Waals surface area (Å²) in [6, 6.07) is 17.5. The highest BCUT2D eigenvalue weighted by Gasteiger charge is 2.27. The van der Waals surface area contributed by atoms with Gasteiger partial charge in [0.2, 0.25) is 0 Å². The first-order chi connectivity index (χ1) is 9.92. The molecule has 1 N–H and O–H groups in total. The van der Waals surface area contributed by atoms with Crippen LogP contribution in [0, 0.1) is 0 Å². The summed E-state index contributed by atoms with van der Waals surface area (Å²) >= 11 is 0. The molecule has 1 saturated carbocycles. The molecule has 2 aromatic carbocycles. The van der Waals surface area contributed by atoms with Crippen molar-refractivity contribution < 1.29 is 4.74 Å². The highest BCUT2D eigenvalue weighted by molar-refractivity contribution is 5.39. The van der Waals surface area contributed by atoms with Crippen molar-refractivity contribution in [3.63, 3.8) is 0 Å². The predicted molar refractivity (Wildman–Crippen MR) is 79.9 cm³/mol. The van der Waals surface area contributed by atoms with Gasteiger partial charge in [0.05, 0.1) is 6.04 Å². The molecule has 1 aliphatic heterocycles. The van der Waals surface area contributed by atoms with Crippen LogP contribution in [0.5, 0.6) is 5.75 Å². The monoisotopic (exact) mass is 265 g/mol. The number of para-hydroxylation sites is 1. The molecule has 1 unspecified atom stereocenters. The topological polar surface area (TPSA) is 21.3 Å². The predicted octanol–water partition coefficient (Wildman–Crippen LogP) is 3.79. The lowest BCUT2D eigenvalue weighted by Crippen LogP contribution is -2.22. The molecule has 0 bridgehead atoms. The molecular formula is C18H19NO. The van der Waals surface area contributed by atoms with Crippen LogP contribution in [0.2, 0.25) is 0 Å². The van der Waals surface area contributed by atoms with Crippen molar-refractivity contribution in [2.75, 3.05) is 6.61 Å². The van der Waals surface area contributed by atoms with E-state index in [0.29, 0.717) is 6.04 Å². The first kappa shape index (κ1) is 12.0. The summed E-state index contributed by atoms with van der Waals surface area (Å²) < 4.78 is 5.73. The summed E-state index contributed by atoms with van der Waals surface area (Å²) in [4.78, 5) is 0. The van der Waals surface area contributed by atoms with Crippen LogP contribution >= 0.6 is 0 Å². The Morgan fingerprint density at radius 1 is 0.950 bits per heavy atom. The number of benzene rings is 2. The lowest BCUT2D eigenvalue weighted by atomic mass is 10.0. The van der Waals surface area contributed by atoms with E-state index in [1.807, 2.05) is 6.07 Å². The minimum atomic E-state index is 0.318. The van der Waals surface area contributed by atoms with Gasteiger partial charge in [0.15, 0.2) is 0 Å². The average molecular weight is 265 g/mol. The molecule has 0 saturated heterocycles. The molecule has 1 atom stereocenters. The van der Waals surface area contributed by atoms with Gasteiger partial charge in [0, 0.05) is 12.1 Å². The Kier molecular flexibility index (Phi) is 2.96. The fraction of sp³-hybridized carbons (Fsp3) is 0.333. The van der Waals surface area contributed by atoms with Crippen molar-refractivity contribution in [2.24, 2.45) is 0 Å². The second-order valence-electron chi connectivity index (χ2n) is 5.76. The second kappa shape index (κ2) is 4.95. The maximum absolute atomic E-state index is 5.73. The summed E-state index contributed by atoms with van der Waals surface area (Å²) in [5.74, 6) is 1.83. The van der Waals surface area contributed by atoms with E-state index in [4.69, 9.17) is 4.74 Å². The fourth-order valence-electron chi connectivity index (χ4n) is 3.05. The van der Waals surface area contributed by atoms with Crippen LogP contribution in [0.4, 0.5) is 0 Å². The van der Waals surface area contributed by atoms with Gasteiger partial charge in [-0.1, -0.05) is 42.5 Å². The summed E-state index contributed by atoms with van der Waals surface area (Å²) in [5.41, 5.74) is 4.27. The summed E-state index contributed by atoms with van der Waals surface area (Å²) in [6.45, 7) is 1.67. The molecular weight excluding hydrogens is 246 g/mol. The van der Waals surface area contributed by atoms with Gasteiger partial charge in [0.1, 0.15) is 12.4 Å². The lowest BCUT2D eigenvalue weighted by molar-refractivity contribution is 0.310. The Morgan fingerprint density at radius 2 is 1.70 bits per heavy atom. The summed E-state index contributed by atoms with van der Waals surface area (Å²) in [7, 11) is 0. The average Bonchev–Trinajstić information content (AvgIpc) is 3.26. The van der Waals surface area contributed by atoms with Gasteiger partial charge in [0.25, 0.3) is 0 Å². The van der Waals surface area contributed by atoms with Crippen LogP contribution < -0.4 is 10.1 Å². The fourth-order valence-corrected chi connectivity index (χ4v) is 3.05. The standard InChI is InChI=1S/C18H19NO/c1-2-6-15(13-9-10-13)14(5-1)11-19-17-12-20-18-8-4-3-7-16(17)18/h1-8,13,17,19H,9-12H2. The third kappa shape index (κ3) is 2.20. The maximum atomic E-state index is 5.73. The van der Waals surface area contributed by atoms with E-state index in [1.54, 1.807) is 0 Å². The molecule has 4 rings (SSSR count). The first-order valence-electron chi connectivity index (χ1n) is 7.45. The molecule has 2 nitrogen and oxygen atoms in total. The second-order valence-corrected chi connectivity index (χ2v) is 5.76. The van der Waals surface area contributed by atoms with E-state index in [-0.39, 0.29) is 0 Å². The zero-order valence-corrected chi connectivity index (χ0v) is 11.5. The Balaban J connectivity index is 1.49. The van der Waals surface area contributed by atoms with Crippen LogP contribution in [-0.2, 0) is 6.54 Å². The van der Waals surface area contributed by atoms with Crippen LogP contribution in [0.25, 0.3) is 0 Å². The van der Waals surface area contributed by atoms with Gasteiger partial charge in [-0.2, -0.15) is 0 Å². The van der Waals surface area contributed by atoms with Crippen molar-refractivity contribution in [3.05, 3.63) is 65.2 Å². The van der Waals surface area contributed by atoms with Gasteiger partial charge in [-0.3, -0.25) is 0 Å². The normalized spacial score (nSPS) is 20.5. The number of nitrogens with one attached hydrogen (secondary N) is 1. The van der Waals surface area contributed by atoms with Gasteiger partial charge < -0.3 is 10.1 Å². The molecule has 0 radical (unpaired) electrons. The molecule has 1 aliphatic carbocycles. The summed E-state index contributed by atoms with van der Waals surface area (Å²) in [6.07, 6.45) is 2.71. The smallest absolute Gasteiger partial charge is 0.124 e. The zero-order valence-electron chi connectivity index (χ0n) is 11.5. The van der Waals surface area contributed by atoms with E-state index < -0.39 is 0 Å². The van der Waals surface area contributed by atoms with Gasteiger partial charge in [-0.15, -0.1) is 0 Å². The molecule has 2 heteroatoms. The Hall–Kier alpha value is -1.80. The SMILES string of the molecule is c1ccc(C2CC2)c(CNC2COc3ccccc32)c1. The molecule has 102 valence electrons. The number of fused-ring (bicyclic) bond motifs is 1. The molecule has 1 fully saturated rings. The minimum Gasteiger partial charge on any atom is -0.491 e. The largest absolute Gasteiger partial charge is 0.491 e. The molecule has 0 spiro atoms. The first-order valence-corrected chi connectivity index (χ1v) is 7.45. The highest BCUT2D eigenvalue weighted by atomic mass is 16.5. The number of ether oxygens (including phenoxy) is 1. The Bertz CT molecular complexity index is 618.